The van der Waals surface area contributed by atoms with Crippen LogP contribution in [0.4, 0.5) is 26.0 Å². The average molecular weight is 504 g/mol. The lowest BCUT2D eigenvalue weighted by Crippen LogP contribution is -2.51. The molecule has 4 aromatic rings. The lowest BCUT2D eigenvalue weighted by atomic mass is 10.1. The number of aryl methyl sites for hydroxylation is 1. The standard InChI is InChI=1S/C27H27F2N7O/c1-4-35-9-10-36(14-17(35)3)19-7-5-18(6-8-19)34-26-21(13-30)27(32-15-31-26)37-23-12-22(28)25-20(24(23)29)11-16(2)33-25/h5-8,11-12,15,17,33H,4,9-10,14H2,1-3H3,(H,31,32,34). The molecule has 1 atom stereocenters. The van der Waals surface area contributed by atoms with Crippen LogP contribution in [0.25, 0.3) is 10.9 Å². The number of hydrogen-bond acceptors (Lipinski definition) is 7. The van der Waals surface area contributed by atoms with Crippen molar-refractivity contribution in [1.82, 2.24) is 19.9 Å². The van der Waals surface area contributed by atoms with E-state index < -0.39 is 11.6 Å². The molecular weight excluding hydrogens is 476 g/mol. The summed E-state index contributed by atoms with van der Waals surface area (Å²) in [6.07, 6.45) is 1.20. The van der Waals surface area contributed by atoms with Crippen molar-refractivity contribution in [1.29, 1.82) is 5.26 Å². The molecule has 0 spiro atoms. The van der Waals surface area contributed by atoms with Gasteiger partial charge in [-0.25, -0.2) is 18.7 Å². The van der Waals surface area contributed by atoms with E-state index in [0.29, 0.717) is 17.4 Å². The Morgan fingerprint density at radius 2 is 1.97 bits per heavy atom. The largest absolute Gasteiger partial charge is 0.434 e. The number of aromatic amines is 1. The van der Waals surface area contributed by atoms with Crippen LogP contribution in [0.1, 0.15) is 25.1 Å². The second kappa shape index (κ2) is 10.0. The van der Waals surface area contributed by atoms with Crippen molar-refractivity contribution in [2.24, 2.45) is 0 Å². The number of fused-ring (bicyclic) bond motifs is 1. The van der Waals surface area contributed by atoms with E-state index in [0.717, 1.165) is 37.9 Å². The van der Waals surface area contributed by atoms with Gasteiger partial charge in [-0.1, -0.05) is 6.92 Å². The third-order valence-electron chi connectivity index (χ3n) is 6.70. The van der Waals surface area contributed by atoms with Crippen LogP contribution in [-0.4, -0.2) is 52.1 Å². The van der Waals surface area contributed by atoms with Crippen molar-refractivity contribution in [2.75, 3.05) is 36.4 Å². The molecule has 2 aromatic carbocycles. The summed E-state index contributed by atoms with van der Waals surface area (Å²) < 4.78 is 35.1. The minimum Gasteiger partial charge on any atom is -0.434 e. The highest BCUT2D eigenvalue weighted by atomic mass is 19.1. The lowest BCUT2D eigenvalue weighted by Gasteiger charge is -2.40. The van der Waals surface area contributed by atoms with Gasteiger partial charge in [-0.05, 0) is 50.7 Å². The van der Waals surface area contributed by atoms with E-state index in [-0.39, 0.29) is 33.9 Å². The van der Waals surface area contributed by atoms with Crippen molar-refractivity contribution in [3.63, 3.8) is 0 Å². The summed E-state index contributed by atoms with van der Waals surface area (Å²) in [4.78, 5) is 15.8. The quantitative estimate of drug-likeness (QED) is 0.360. The maximum Gasteiger partial charge on any atom is 0.242 e. The molecule has 190 valence electrons. The number of nitrogens with one attached hydrogen (secondary N) is 2. The van der Waals surface area contributed by atoms with Crippen LogP contribution in [0.15, 0.2) is 42.7 Å². The molecule has 8 nitrogen and oxygen atoms in total. The molecule has 10 heteroatoms. The molecule has 2 aromatic heterocycles. The highest BCUT2D eigenvalue weighted by Crippen LogP contribution is 2.34. The number of ether oxygens (including phenoxy) is 1. The van der Waals surface area contributed by atoms with Gasteiger partial charge in [-0.15, -0.1) is 0 Å². The van der Waals surface area contributed by atoms with Crippen molar-refractivity contribution in [2.45, 2.75) is 26.8 Å². The van der Waals surface area contributed by atoms with E-state index in [9.17, 15) is 9.65 Å². The zero-order valence-electron chi connectivity index (χ0n) is 20.8. The molecule has 1 aliphatic heterocycles. The number of H-pyrrole nitrogens is 1. The van der Waals surface area contributed by atoms with Gasteiger partial charge in [0.1, 0.15) is 12.4 Å². The molecule has 0 saturated carbocycles. The molecule has 0 bridgehead atoms. The van der Waals surface area contributed by atoms with Crippen LogP contribution in [-0.2, 0) is 0 Å². The van der Waals surface area contributed by atoms with Gasteiger partial charge in [0.25, 0.3) is 0 Å². The topological polar surface area (TPSA) is 93.1 Å². The highest BCUT2D eigenvalue weighted by Gasteiger charge is 2.23. The summed E-state index contributed by atoms with van der Waals surface area (Å²) in [7, 11) is 0. The van der Waals surface area contributed by atoms with Crippen LogP contribution < -0.4 is 15.0 Å². The molecule has 1 saturated heterocycles. The number of halogens is 2. The molecule has 1 unspecified atom stereocenters. The number of aromatic nitrogens is 3. The summed E-state index contributed by atoms with van der Waals surface area (Å²) in [6, 6.07) is 12.8. The molecule has 1 aliphatic rings. The molecule has 37 heavy (non-hydrogen) atoms. The number of nitrogens with zero attached hydrogens (tertiary/aromatic N) is 5. The third kappa shape index (κ3) is 4.78. The first-order chi connectivity index (χ1) is 17.9. The van der Waals surface area contributed by atoms with Gasteiger partial charge in [0, 0.05) is 54.2 Å². The Bertz CT molecular complexity index is 1480. The van der Waals surface area contributed by atoms with Crippen LogP contribution in [0.2, 0.25) is 0 Å². The minimum atomic E-state index is -0.748. The predicted octanol–water partition coefficient (Wildman–Crippen LogP) is 5.48. The van der Waals surface area contributed by atoms with Gasteiger partial charge < -0.3 is 19.9 Å². The molecule has 0 radical (unpaired) electrons. The maximum absolute atomic E-state index is 15.0. The maximum atomic E-state index is 15.0. The number of likely N-dealkylation sites (N-methyl/N-ethyl adjacent to an activating group) is 1. The zero-order valence-corrected chi connectivity index (χ0v) is 20.8. The number of hydrogen-bond donors (Lipinski definition) is 2. The Kier molecular flexibility index (Phi) is 6.63. The van der Waals surface area contributed by atoms with Crippen molar-refractivity contribution >= 4 is 28.1 Å². The molecule has 0 amide bonds. The van der Waals surface area contributed by atoms with Crippen molar-refractivity contribution in [3.8, 4) is 17.7 Å². The number of nitriles is 1. The molecule has 0 aliphatic carbocycles. The van der Waals surface area contributed by atoms with Crippen molar-refractivity contribution in [3.05, 3.63) is 65.6 Å². The SMILES string of the molecule is CCN1CCN(c2ccc(Nc3ncnc(Oc4cc(F)c5[nH]c(C)cc5c4F)c3C#N)cc2)CC1C. The Balaban J connectivity index is 1.36. The monoisotopic (exact) mass is 503 g/mol. The van der Waals surface area contributed by atoms with Gasteiger partial charge in [-0.3, -0.25) is 4.90 Å². The summed E-state index contributed by atoms with van der Waals surface area (Å²) in [5.74, 6) is -1.76. The molecule has 5 rings (SSSR count). The molecule has 2 N–H and O–H groups in total. The fourth-order valence-corrected chi connectivity index (χ4v) is 4.75. The number of piperazine rings is 1. The molecular formula is C27H27F2N7O. The number of anilines is 3. The first kappa shape index (κ1) is 24.5. The minimum absolute atomic E-state index is 0.0266. The van der Waals surface area contributed by atoms with Crippen LogP contribution >= 0.6 is 0 Å². The first-order valence-electron chi connectivity index (χ1n) is 12.1. The smallest absolute Gasteiger partial charge is 0.242 e. The van der Waals surface area contributed by atoms with Gasteiger partial charge in [0.05, 0.1) is 5.52 Å². The normalized spacial score (nSPS) is 16.1. The predicted molar refractivity (Wildman–Crippen MR) is 138 cm³/mol. The lowest BCUT2D eigenvalue weighted by molar-refractivity contribution is 0.199. The second-order valence-corrected chi connectivity index (χ2v) is 9.12. The van der Waals surface area contributed by atoms with E-state index in [1.807, 2.05) is 30.3 Å². The zero-order chi connectivity index (χ0) is 26.1. The van der Waals surface area contributed by atoms with Gasteiger partial charge in [0.15, 0.2) is 28.8 Å². The van der Waals surface area contributed by atoms with Gasteiger partial charge in [0.2, 0.25) is 5.88 Å². The van der Waals surface area contributed by atoms with Gasteiger partial charge in [-0.2, -0.15) is 5.26 Å². The van der Waals surface area contributed by atoms with E-state index in [2.05, 4.69) is 43.9 Å². The van der Waals surface area contributed by atoms with E-state index >= 15 is 4.39 Å². The Morgan fingerprint density at radius 1 is 1.19 bits per heavy atom. The number of benzene rings is 2. The first-order valence-corrected chi connectivity index (χ1v) is 12.1. The molecule has 1 fully saturated rings. The Hall–Kier alpha value is -4.23. The van der Waals surface area contributed by atoms with Crippen molar-refractivity contribution < 1.29 is 13.5 Å². The second-order valence-electron chi connectivity index (χ2n) is 9.12. The third-order valence-corrected chi connectivity index (χ3v) is 6.70. The number of rotatable bonds is 6. The fourth-order valence-electron chi connectivity index (χ4n) is 4.75. The van der Waals surface area contributed by atoms with Gasteiger partial charge >= 0.3 is 0 Å². The summed E-state index contributed by atoms with van der Waals surface area (Å²) >= 11 is 0. The van der Waals surface area contributed by atoms with E-state index in [1.54, 1.807) is 6.92 Å². The van der Waals surface area contributed by atoms with Crippen LogP contribution in [0.5, 0.6) is 11.6 Å². The Morgan fingerprint density at radius 3 is 2.68 bits per heavy atom. The highest BCUT2D eigenvalue weighted by molar-refractivity contribution is 5.83. The molecule has 3 heterocycles. The summed E-state index contributed by atoms with van der Waals surface area (Å²) in [5.41, 5.74) is 2.47. The van der Waals surface area contributed by atoms with Crippen LogP contribution in [0.3, 0.4) is 0 Å². The fraction of sp³-hybridized carbons (Fsp3) is 0.296. The summed E-state index contributed by atoms with van der Waals surface area (Å²) in [5, 5.41) is 13.0. The Labute approximate surface area is 213 Å². The average Bonchev–Trinajstić information content (AvgIpc) is 3.30. The van der Waals surface area contributed by atoms with E-state index in [1.165, 1.54) is 12.4 Å². The van der Waals surface area contributed by atoms with E-state index in [4.69, 9.17) is 4.74 Å². The van der Waals surface area contributed by atoms with Crippen LogP contribution in [0, 0.1) is 29.9 Å². The summed E-state index contributed by atoms with van der Waals surface area (Å²) in [6.45, 7) is 10.1.